The van der Waals surface area contributed by atoms with E-state index in [1.807, 2.05) is 82.3 Å². The molecule has 5 nitrogen and oxygen atoms in total. The van der Waals surface area contributed by atoms with Gasteiger partial charge in [-0.25, -0.2) is 4.68 Å². The Morgan fingerprint density at radius 2 is 1.77 bits per heavy atom. The van der Waals surface area contributed by atoms with E-state index in [1.54, 1.807) is 10.7 Å². The summed E-state index contributed by atoms with van der Waals surface area (Å²) in [6, 6.07) is 21.4. The summed E-state index contributed by atoms with van der Waals surface area (Å²) < 4.78 is 7.45. The van der Waals surface area contributed by atoms with Crippen molar-refractivity contribution in [1.29, 1.82) is 0 Å². The van der Waals surface area contributed by atoms with Gasteiger partial charge in [-0.05, 0) is 57.0 Å². The number of hydrogen-bond donors (Lipinski definition) is 1. The maximum Gasteiger partial charge on any atom is 0.270 e. The quantitative estimate of drug-likeness (QED) is 0.479. The van der Waals surface area contributed by atoms with E-state index < -0.39 is 0 Å². The molecule has 0 radical (unpaired) electrons. The van der Waals surface area contributed by atoms with E-state index >= 15 is 0 Å². The molecule has 0 aliphatic rings. The van der Waals surface area contributed by atoms with Gasteiger partial charge >= 0.3 is 0 Å². The minimum absolute atomic E-state index is 0.129. The molecule has 2 aromatic heterocycles. The van der Waals surface area contributed by atoms with E-state index in [0.29, 0.717) is 17.1 Å². The number of carbonyl (C=O) groups is 1. The molecular formula is C25H25N3O2. The third kappa shape index (κ3) is 3.92. The van der Waals surface area contributed by atoms with Crippen molar-refractivity contribution in [2.75, 3.05) is 0 Å². The molecule has 0 unspecified atom stereocenters. The van der Waals surface area contributed by atoms with Gasteiger partial charge in [-0.2, -0.15) is 5.10 Å². The highest BCUT2D eigenvalue weighted by atomic mass is 16.3. The summed E-state index contributed by atoms with van der Waals surface area (Å²) in [5.74, 6) is 1.25. The van der Waals surface area contributed by atoms with E-state index in [2.05, 4.69) is 11.4 Å². The van der Waals surface area contributed by atoms with Gasteiger partial charge in [0.2, 0.25) is 0 Å². The molecule has 152 valence electrons. The normalized spacial score (nSPS) is 12.0. The third-order valence-corrected chi connectivity index (χ3v) is 5.16. The zero-order chi connectivity index (χ0) is 21.3. The van der Waals surface area contributed by atoms with E-state index in [-0.39, 0.29) is 11.9 Å². The number of benzene rings is 2. The van der Waals surface area contributed by atoms with Crippen molar-refractivity contribution in [3.8, 4) is 17.1 Å². The van der Waals surface area contributed by atoms with Crippen molar-refractivity contribution >= 4 is 5.91 Å². The van der Waals surface area contributed by atoms with Gasteiger partial charge in [-0.3, -0.25) is 4.79 Å². The first-order chi connectivity index (χ1) is 14.4. The molecule has 2 aromatic carbocycles. The smallest absolute Gasteiger partial charge is 0.270 e. The van der Waals surface area contributed by atoms with Gasteiger partial charge in [-0.15, -0.1) is 0 Å². The largest absolute Gasteiger partial charge is 0.460 e. The third-order valence-electron chi connectivity index (χ3n) is 5.16. The maximum atomic E-state index is 13.2. The summed E-state index contributed by atoms with van der Waals surface area (Å²) >= 11 is 0. The first-order valence-electron chi connectivity index (χ1n) is 10.0. The van der Waals surface area contributed by atoms with Gasteiger partial charge in [0, 0.05) is 6.07 Å². The Hall–Kier alpha value is -3.60. The van der Waals surface area contributed by atoms with Crippen molar-refractivity contribution in [1.82, 2.24) is 15.1 Å². The second-order valence-electron chi connectivity index (χ2n) is 7.63. The van der Waals surface area contributed by atoms with Crippen LogP contribution in [0.5, 0.6) is 0 Å². The summed E-state index contributed by atoms with van der Waals surface area (Å²) in [6.45, 7) is 7.93. The van der Waals surface area contributed by atoms with Crippen molar-refractivity contribution in [3.63, 3.8) is 0 Å². The van der Waals surface area contributed by atoms with Gasteiger partial charge in [0.25, 0.3) is 5.91 Å². The second kappa shape index (κ2) is 8.03. The van der Waals surface area contributed by atoms with Gasteiger partial charge in [-0.1, -0.05) is 48.0 Å². The first-order valence-corrected chi connectivity index (χ1v) is 10.0. The molecule has 0 fully saturated rings. The number of amides is 1. The Morgan fingerprint density at radius 3 is 2.43 bits per heavy atom. The molecule has 30 heavy (non-hydrogen) atoms. The van der Waals surface area contributed by atoms with Crippen LogP contribution in [-0.2, 0) is 0 Å². The van der Waals surface area contributed by atoms with E-state index in [9.17, 15) is 4.79 Å². The Labute approximate surface area is 176 Å². The lowest BCUT2D eigenvalue weighted by atomic mass is 10.1. The Bertz CT molecular complexity index is 1190. The first kappa shape index (κ1) is 19.7. The van der Waals surface area contributed by atoms with Crippen molar-refractivity contribution in [3.05, 3.63) is 94.9 Å². The SMILES string of the molecule is Cc1ccc(-n2nc(-c3ccc(C)o3)cc2C(=O)N[C@@H](C)c2ccccc2)c(C)c1. The van der Waals surface area contributed by atoms with Crippen LogP contribution in [0.25, 0.3) is 17.1 Å². The average Bonchev–Trinajstić information content (AvgIpc) is 3.35. The summed E-state index contributed by atoms with van der Waals surface area (Å²) in [6.07, 6.45) is 0. The summed E-state index contributed by atoms with van der Waals surface area (Å²) in [5.41, 5.74) is 5.21. The molecular weight excluding hydrogens is 374 g/mol. The minimum atomic E-state index is -0.187. The number of rotatable bonds is 5. The summed E-state index contributed by atoms with van der Waals surface area (Å²) in [5, 5.41) is 7.81. The number of aryl methyl sites for hydroxylation is 3. The van der Waals surface area contributed by atoms with Crippen LogP contribution >= 0.6 is 0 Å². The molecule has 4 rings (SSSR count). The molecule has 1 atom stereocenters. The molecule has 0 aliphatic heterocycles. The number of aromatic nitrogens is 2. The lowest BCUT2D eigenvalue weighted by molar-refractivity contribution is 0.0932. The molecule has 0 aliphatic carbocycles. The molecule has 0 saturated heterocycles. The molecule has 2 heterocycles. The van der Waals surface area contributed by atoms with Gasteiger partial charge < -0.3 is 9.73 Å². The fourth-order valence-electron chi connectivity index (χ4n) is 3.56. The number of furan rings is 1. The predicted molar refractivity (Wildman–Crippen MR) is 118 cm³/mol. The molecule has 5 heteroatoms. The van der Waals surface area contributed by atoms with Gasteiger partial charge in [0.15, 0.2) is 5.76 Å². The van der Waals surface area contributed by atoms with Crippen LogP contribution < -0.4 is 5.32 Å². The monoisotopic (exact) mass is 399 g/mol. The van der Waals surface area contributed by atoms with Crippen molar-refractivity contribution in [2.24, 2.45) is 0 Å². The molecule has 4 aromatic rings. The highest BCUT2D eigenvalue weighted by Gasteiger charge is 2.21. The van der Waals surface area contributed by atoms with Crippen LogP contribution in [0.1, 0.15) is 45.9 Å². The predicted octanol–water partition coefficient (Wildman–Crippen LogP) is 5.55. The second-order valence-corrected chi connectivity index (χ2v) is 7.63. The Morgan fingerprint density at radius 1 is 1.00 bits per heavy atom. The van der Waals surface area contributed by atoms with Gasteiger partial charge in [0.1, 0.15) is 17.1 Å². The maximum absolute atomic E-state index is 13.2. The Balaban J connectivity index is 1.75. The van der Waals surface area contributed by atoms with Crippen LogP contribution in [-0.4, -0.2) is 15.7 Å². The molecule has 0 saturated carbocycles. The molecule has 1 amide bonds. The van der Waals surface area contributed by atoms with Crippen molar-refractivity contribution < 1.29 is 9.21 Å². The van der Waals surface area contributed by atoms with Crippen LogP contribution in [0, 0.1) is 20.8 Å². The van der Waals surface area contributed by atoms with Crippen LogP contribution in [0.4, 0.5) is 0 Å². The number of nitrogens with zero attached hydrogens (tertiary/aromatic N) is 2. The fraction of sp³-hybridized carbons (Fsp3) is 0.200. The molecule has 0 bridgehead atoms. The topological polar surface area (TPSA) is 60.1 Å². The highest BCUT2D eigenvalue weighted by molar-refractivity contribution is 5.94. The van der Waals surface area contributed by atoms with E-state index in [0.717, 1.165) is 28.1 Å². The fourth-order valence-corrected chi connectivity index (χ4v) is 3.56. The van der Waals surface area contributed by atoms with E-state index in [4.69, 9.17) is 9.52 Å². The van der Waals surface area contributed by atoms with E-state index in [1.165, 1.54) is 0 Å². The lowest BCUT2D eigenvalue weighted by Gasteiger charge is -2.15. The summed E-state index contributed by atoms with van der Waals surface area (Å²) in [4.78, 5) is 13.2. The van der Waals surface area contributed by atoms with Gasteiger partial charge in [0.05, 0.1) is 11.7 Å². The number of carbonyl (C=O) groups excluding carboxylic acids is 1. The number of hydrogen-bond acceptors (Lipinski definition) is 3. The Kier molecular flexibility index (Phi) is 5.27. The summed E-state index contributed by atoms with van der Waals surface area (Å²) in [7, 11) is 0. The zero-order valence-corrected chi connectivity index (χ0v) is 17.6. The van der Waals surface area contributed by atoms with Crippen LogP contribution in [0.2, 0.25) is 0 Å². The minimum Gasteiger partial charge on any atom is -0.460 e. The van der Waals surface area contributed by atoms with Crippen LogP contribution in [0.3, 0.4) is 0 Å². The lowest BCUT2D eigenvalue weighted by Crippen LogP contribution is -2.28. The number of nitrogens with one attached hydrogen (secondary N) is 1. The average molecular weight is 399 g/mol. The highest BCUT2D eigenvalue weighted by Crippen LogP contribution is 2.26. The zero-order valence-electron chi connectivity index (χ0n) is 17.6. The standard InChI is InChI=1S/C25H25N3O2/c1-16-10-12-22(17(2)14-16)28-23(15-21(27-28)24-13-11-18(3)30-24)25(29)26-19(4)20-8-6-5-7-9-20/h5-15,19H,1-4H3,(H,26,29)/t19-/m0/s1. The van der Waals surface area contributed by atoms with Crippen LogP contribution in [0.15, 0.2) is 71.1 Å². The van der Waals surface area contributed by atoms with Crippen molar-refractivity contribution in [2.45, 2.75) is 33.7 Å². The molecule has 0 spiro atoms. The molecule has 1 N–H and O–H groups in total.